The van der Waals surface area contributed by atoms with E-state index in [0.29, 0.717) is 5.56 Å². The van der Waals surface area contributed by atoms with Crippen LogP contribution in [0.2, 0.25) is 0 Å². The highest BCUT2D eigenvalue weighted by atomic mass is 127. The molecule has 0 aromatic heterocycles. The Hall–Kier alpha value is -2.92. The minimum absolute atomic E-state index is 0.0218. The summed E-state index contributed by atoms with van der Waals surface area (Å²) >= 11 is 2.03. The average Bonchev–Trinajstić information content (AvgIpc) is 2.69. The lowest BCUT2D eigenvalue weighted by Crippen LogP contribution is -2.32. The molecule has 2 rings (SSSR count). The molecule has 0 spiro atoms. The largest absolute Gasteiger partial charge is 0.508 e. The molecule has 0 saturated heterocycles. The quantitative estimate of drug-likeness (QED) is 0.211. The number of phenols is 1. The van der Waals surface area contributed by atoms with Gasteiger partial charge in [0.2, 0.25) is 0 Å². The van der Waals surface area contributed by atoms with Gasteiger partial charge in [0, 0.05) is 27.2 Å². The van der Waals surface area contributed by atoms with Crippen molar-refractivity contribution in [3.05, 3.63) is 75.4 Å². The maximum absolute atomic E-state index is 12.2. The molecule has 3 amide bonds. The zero-order valence-corrected chi connectivity index (χ0v) is 16.6. The molecule has 28 heavy (non-hydrogen) atoms. The van der Waals surface area contributed by atoms with Gasteiger partial charge in [-0.1, -0.05) is 24.3 Å². The minimum Gasteiger partial charge on any atom is -0.508 e. The molecule has 0 bridgehead atoms. The first-order chi connectivity index (χ1) is 13.4. The van der Waals surface area contributed by atoms with Crippen LogP contribution in [0.5, 0.6) is 5.75 Å². The SMILES string of the molecule is O=C(/C=C/C[C@@H](OC(=O)NC(=O)c1ccccc1)c1cc(I)ccc1O)NO. The summed E-state index contributed by atoms with van der Waals surface area (Å²) in [6.45, 7) is 0. The van der Waals surface area contributed by atoms with Crippen LogP contribution in [0, 0.1) is 3.57 Å². The van der Waals surface area contributed by atoms with Crippen LogP contribution in [0.3, 0.4) is 0 Å². The number of rotatable bonds is 6. The van der Waals surface area contributed by atoms with E-state index in [1.807, 2.05) is 22.6 Å². The Morgan fingerprint density at radius 2 is 1.86 bits per heavy atom. The maximum atomic E-state index is 12.2. The maximum Gasteiger partial charge on any atom is 0.414 e. The first kappa shape index (κ1) is 21.4. The predicted molar refractivity (Wildman–Crippen MR) is 108 cm³/mol. The third-order valence-corrected chi connectivity index (χ3v) is 4.24. The summed E-state index contributed by atoms with van der Waals surface area (Å²) in [5.74, 6) is -1.49. The summed E-state index contributed by atoms with van der Waals surface area (Å²) in [6.07, 6.45) is 0.461. The van der Waals surface area contributed by atoms with Gasteiger partial charge >= 0.3 is 6.09 Å². The van der Waals surface area contributed by atoms with Crippen LogP contribution in [0.1, 0.15) is 28.4 Å². The molecule has 0 aliphatic heterocycles. The number of imide groups is 1. The summed E-state index contributed by atoms with van der Waals surface area (Å²) < 4.78 is 6.09. The van der Waals surface area contributed by atoms with Crippen molar-refractivity contribution in [2.24, 2.45) is 0 Å². The molecule has 1 atom stereocenters. The van der Waals surface area contributed by atoms with Gasteiger partial charge in [-0.15, -0.1) is 0 Å². The van der Waals surface area contributed by atoms with Crippen LogP contribution in [0.25, 0.3) is 0 Å². The Morgan fingerprint density at radius 1 is 1.14 bits per heavy atom. The Labute approximate surface area is 174 Å². The summed E-state index contributed by atoms with van der Waals surface area (Å²) in [5, 5.41) is 20.7. The molecule has 8 nitrogen and oxygen atoms in total. The monoisotopic (exact) mass is 496 g/mol. The van der Waals surface area contributed by atoms with Gasteiger partial charge in [0.1, 0.15) is 11.9 Å². The fourth-order valence-corrected chi connectivity index (χ4v) is 2.79. The van der Waals surface area contributed by atoms with Crippen LogP contribution in [-0.2, 0) is 9.53 Å². The molecule has 0 aliphatic carbocycles. The van der Waals surface area contributed by atoms with E-state index >= 15 is 0 Å². The second-order valence-corrected chi connectivity index (χ2v) is 6.78. The first-order valence-corrected chi connectivity index (χ1v) is 9.14. The van der Waals surface area contributed by atoms with E-state index in [0.717, 1.165) is 9.65 Å². The number of hydroxylamine groups is 1. The van der Waals surface area contributed by atoms with Crippen molar-refractivity contribution >= 4 is 40.5 Å². The number of benzene rings is 2. The highest BCUT2D eigenvalue weighted by molar-refractivity contribution is 14.1. The number of phenolic OH excluding ortho intramolecular Hbond substituents is 1. The normalized spacial score (nSPS) is 11.6. The van der Waals surface area contributed by atoms with E-state index in [1.54, 1.807) is 42.5 Å². The van der Waals surface area contributed by atoms with Crippen molar-refractivity contribution in [1.82, 2.24) is 10.8 Å². The smallest absolute Gasteiger partial charge is 0.414 e. The number of carbonyl (C=O) groups excluding carboxylic acids is 3. The van der Waals surface area contributed by atoms with Crippen molar-refractivity contribution in [3.8, 4) is 5.75 Å². The van der Waals surface area contributed by atoms with Gasteiger partial charge in [-0.2, -0.15) is 0 Å². The molecule has 2 aromatic rings. The summed E-state index contributed by atoms with van der Waals surface area (Å²) in [4.78, 5) is 35.4. The van der Waals surface area contributed by atoms with E-state index in [2.05, 4.69) is 5.32 Å². The summed E-state index contributed by atoms with van der Waals surface area (Å²) in [6, 6.07) is 12.9. The Kier molecular flexibility index (Phi) is 7.96. The fraction of sp³-hybridized carbons (Fsp3) is 0.105. The molecule has 0 unspecified atom stereocenters. The van der Waals surface area contributed by atoms with Gasteiger partial charge in [0.25, 0.3) is 11.8 Å². The highest BCUT2D eigenvalue weighted by Crippen LogP contribution is 2.31. The summed E-state index contributed by atoms with van der Waals surface area (Å²) in [5.41, 5.74) is 2.04. The number of hydrogen-bond donors (Lipinski definition) is 4. The van der Waals surface area contributed by atoms with E-state index in [1.165, 1.54) is 17.6 Å². The number of hydrogen-bond acceptors (Lipinski definition) is 6. The zero-order chi connectivity index (χ0) is 20.5. The van der Waals surface area contributed by atoms with Crippen molar-refractivity contribution in [2.75, 3.05) is 0 Å². The molecular formula is C19H17IN2O6. The molecule has 4 N–H and O–H groups in total. The minimum atomic E-state index is -1.00. The lowest BCUT2D eigenvalue weighted by atomic mass is 10.0. The fourth-order valence-electron chi connectivity index (χ4n) is 2.27. The molecule has 9 heteroatoms. The third kappa shape index (κ3) is 6.35. The standard InChI is InChI=1S/C19H17IN2O6/c20-13-9-10-15(23)14(11-13)16(7-4-8-17(24)22-27)28-19(26)21-18(25)12-5-2-1-3-6-12/h1-6,8-11,16,23,27H,7H2,(H,22,24)(H,21,25,26)/b8-4+/t16-/m1/s1. The van der Waals surface area contributed by atoms with E-state index in [9.17, 15) is 19.5 Å². The van der Waals surface area contributed by atoms with E-state index in [4.69, 9.17) is 9.94 Å². The van der Waals surface area contributed by atoms with Crippen LogP contribution in [-0.4, -0.2) is 28.2 Å². The Balaban J connectivity index is 2.15. The Morgan fingerprint density at radius 3 is 2.54 bits per heavy atom. The first-order valence-electron chi connectivity index (χ1n) is 8.06. The van der Waals surface area contributed by atoms with Crippen molar-refractivity contribution in [3.63, 3.8) is 0 Å². The zero-order valence-electron chi connectivity index (χ0n) is 14.5. The van der Waals surface area contributed by atoms with Gasteiger partial charge in [-0.3, -0.25) is 20.1 Å². The van der Waals surface area contributed by atoms with Crippen LogP contribution in [0.15, 0.2) is 60.7 Å². The molecular weight excluding hydrogens is 479 g/mol. The Bertz CT molecular complexity index is 885. The number of halogens is 1. The van der Waals surface area contributed by atoms with Gasteiger partial charge < -0.3 is 9.84 Å². The number of alkyl carbamates (subject to hydrolysis) is 1. The van der Waals surface area contributed by atoms with E-state index in [-0.39, 0.29) is 17.7 Å². The molecule has 2 aromatic carbocycles. The van der Waals surface area contributed by atoms with Crippen LogP contribution in [0.4, 0.5) is 4.79 Å². The number of carbonyl (C=O) groups is 3. The van der Waals surface area contributed by atoms with Gasteiger partial charge in [-0.05, 0) is 52.9 Å². The van der Waals surface area contributed by atoms with Gasteiger partial charge in [-0.25, -0.2) is 10.3 Å². The lowest BCUT2D eigenvalue weighted by molar-refractivity contribution is -0.124. The second-order valence-electron chi connectivity index (χ2n) is 5.53. The second kappa shape index (κ2) is 10.4. The predicted octanol–water partition coefficient (Wildman–Crippen LogP) is 3.06. The highest BCUT2D eigenvalue weighted by Gasteiger charge is 2.21. The molecule has 0 heterocycles. The molecule has 0 radical (unpaired) electrons. The average molecular weight is 496 g/mol. The number of amides is 3. The molecule has 146 valence electrons. The molecule has 0 fully saturated rings. The number of nitrogens with one attached hydrogen (secondary N) is 2. The summed E-state index contributed by atoms with van der Waals surface area (Å²) in [7, 11) is 0. The van der Waals surface area contributed by atoms with E-state index < -0.39 is 24.0 Å². The third-order valence-electron chi connectivity index (χ3n) is 3.57. The number of aromatic hydroxyl groups is 1. The lowest BCUT2D eigenvalue weighted by Gasteiger charge is -2.18. The number of ether oxygens (including phenoxy) is 1. The van der Waals surface area contributed by atoms with Gasteiger partial charge in [0.15, 0.2) is 0 Å². The van der Waals surface area contributed by atoms with Crippen LogP contribution >= 0.6 is 22.6 Å². The topological polar surface area (TPSA) is 125 Å². The van der Waals surface area contributed by atoms with Gasteiger partial charge in [0.05, 0.1) is 0 Å². The molecule has 0 aliphatic rings. The van der Waals surface area contributed by atoms with Crippen molar-refractivity contribution < 1.29 is 29.4 Å². The van der Waals surface area contributed by atoms with Crippen LogP contribution < -0.4 is 10.8 Å². The van der Waals surface area contributed by atoms with Crippen molar-refractivity contribution in [2.45, 2.75) is 12.5 Å². The van der Waals surface area contributed by atoms with Crippen molar-refractivity contribution in [1.29, 1.82) is 0 Å². The molecule has 0 saturated carbocycles.